The van der Waals surface area contributed by atoms with Gasteiger partial charge in [0.1, 0.15) is 18.3 Å². The van der Waals surface area contributed by atoms with E-state index in [0.717, 1.165) is 25.7 Å². The van der Waals surface area contributed by atoms with E-state index >= 15 is 0 Å². The fraction of sp³-hybridized carbons (Fsp3) is 1.00. The van der Waals surface area contributed by atoms with Crippen LogP contribution in [0, 0.1) is 0 Å². The van der Waals surface area contributed by atoms with Gasteiger partial charge in [-0.3, -0.25) is 0 Å². The van der Waals surface area contributed by atoms with E-state index in [2.05, 4.69) is 0 Å². The van der Waals surface area contributed by atoms with Crippen molar-refractivity contribution in [2.45, 2.75) is 68.9 Å². The normalized spacial score (nSPS) is 43.0. The van der Waals surface area contributed by atoms with E-state index in [0.29, 0.717) is 0 Å². The zero-order valence-corrected chi connectivity index (χ0v) is 10.4. The van der Waals surface area contributed by atoms with Crippen LogP contribution in [0.25, 0.3) is 0 Å². The molecule has 6 nitrogen and oxygen atoms in total. The molecule has 0 aromatic heterocycles. The summed E-state index contributed by atoms with van der Waals surface area (Å²) < 4.78 is 11.1. The van der Waals surface area contributed by atoms with E-state index in [-0.39, 0.29) is 12.7 Å². The molecular formula is C12H23NO5. The van der Waals surface area contributed by atoms with E-state index < -0.39 is 30.6 Å². The van der Waals surface area contributed by atoms with Gasteiger partial charge in [-0.1, -0.05) is 19.3 Å². The predicted molar refractivity (Wildman–Crippen MR) is 63.7 cm³/mol. The smallest absolute Gasteiger partial charge is 0.185 e. The first-order valence-corrected chi connectivity index (χ1v) is 6.67. The minimum absolute atomic E-state index is 0.0696. The van der Waals surface area contributed by atoms with Crippen LogP contribution in [-0.4, -0.2) is 58.7 Å². The molecule has 1 saturated heterocycles. The van der Waals surface area contributed by atoms with Gasteiger partial charge in [0.05, 0.1) is 18.8 Å². The van der Waals surface area contributed by atoms with Gasteiger partial charge in [0, 0.05) is 0 Å². The Kier molecular flexibility index (Phi) is 4.94. The van der Waals surface area contributed by atoms with Crippen LogP contribution >= 0.6 is 0 Å². The molecule has 1 aliphatic carbocycles. The molecule has 1 heterocycles. The monoisotopic (exact) mass is 261 g/mol. The Bertz CT molecular complexity index is 257. The molecule has 0 bridgehead atoms. The Labute approximate surface area is 107 Å². The lowest BCUT2D eigenvalue weighted by Gasteiger charge is -2.42. The average molecular weight is 261 g/mol. The van der Waals surface area contributed by atoms with Crippen molar-refractivity contribution in [3.63, 3.8) is 0 Å². The molecule has 5 atom stereocenters. The van der Waals surface area contributed by atoms with E-state index in [1.807, 2.05) is 0 Å². The highest BCUT2D eigenvalue weighted by atomic mass is 16.7. The fourth-order valence-corrected chi connectivity index (χ4v) is 2.62. The summed E-state index contributed by atoms with van der Waals surface area (Å²) in [5.74, 6) is 0. The van der Waals surface area contributed by atoms with Crippen LogP contribution in [0.4, 0.5) is 0 Å². The lowest BCUT2D eigenvalue weighted by Crippen LogP contribution is -2.63. The van der Waals surface area contributed by atoms with Crippen molar-refractivity contribution in [3.05, 3.63) is 0 Å². The predicted octanol–water partition coefficient (Wildman–Crippen LogP) is -0.898. The summed E-state index contributed by atoms with van der Waals surface area (Å²) in [4.78, 5) is 0. The molecule has 6 heteroatoms. The van der Waals surface area contributed by atoms with E-state index in [1.165, 1.54) is 6.42 Å². The van der Waals surface area contributed by atoms with Crippen molar-refractivity contribution in [1.82, 2.24) is 0 Å². The number of rotatable bonds is 3. The van der Waals surface area contributed by atoms with Crippen LogP contribution in [-0.2, 0) is 9.47 Å². The van der Waals surface area contributed by atoms with Crippen LogP contribution in [0.1, 0.15) is 32.1 Å². The standard InChI is InChI=1S/C12H23NO5/c13-9-10(15)8(6-14)18-12(11(9)16)17-7-4-2-1-3-5-7/h7-12,14-16H,1-6,13H2/t8-,9-,10-,11-,12+/m1/s1. The van der Waals surface area contributed by atoms with Gasteiger partial charge in [0.2, 0.25) is 0 Å². The summed E-state index contributed by atoms with van der Waals surface area (Å²) >= 11 is 0. The SMILES string of the molecule is N[C@H]1[C@@H](O)[C@@H](OC2CCCCC2)O[C@H](CO)[C@H]1O. The third kappa shape index (κ3) is 3.01. The highest BCUT2D eigenvalue weighted by Gasteiger charge is 2.43. The summed E-state index contributed by atoms with van der Waals surface area (Å²) in [6.45, 7) is -0.341. The molecule has 0 unspecified atom stereocenters. The van der Waals surface area contributed by atoms with Crippen LogP contribution in [0.5, 0.6) is 0 Å². The minimum atomic E-state index is -1.07. The number of ether oxygens (including phenoxy) is 2. The third-order valence-electron chi connectivity index (χ3n) is 3.82. The second kappa shape index (κ2) is 6.27. The van der Waals surface area contributed by atoms with Crippen molar-refractivity contribution in [1.29, 1.82) is 0 Å². The summed E-state index contributed by atoms with van der Waals surface area (Å²) in [5.41, 5.74) is 5.71. The molecule has 2 aliphatic rings. The quantitative estimate of drug-likeness (QED) is 0.525. The van der Waals surface area contributed by atoms with Crippen molar-refractivity contribution >= 4 is 0 Å². The Morgan fingerprint density at radius 1 is 1.11 bits per heavy atom. The van der Waals surface area contributed by atoms with Crippen LogP contribution in [0.3, 0.4) is 0 Å². The van der Waals surface area contributed by atoms with Gasteiger partial charge in [0.25, 0.3) is 0 Å². The topological polar surface area (TPSA) is 105 Å². The number of hydrogen-bond acceptors (Lipinski definition) is 6. The zero-order valence-electron chi connectivity index (χ0n) is 10.4. The van der Waals surface area contributed by atoms with Gasteiger partial charge in [-0.25, -0.2) is 0 Å². The summed E-state index contributed by atoms with van der Waals surface area (Å²) in [6.07, 6.45) is 1.63. The van der Waals surface area contributed by atoms with Gasteiger partial charge in [-0.2, -0.15) is 0 Å². The number of hydrogen-bond donors (Lipinski definition) is 4. The molecule has 5 N–H and O–H groups in total. The van der Waals surface area contributed by atoms with Crippen LogP contribution < -0.4 is 5.73 Å². The lowest BCUT2D eigenvalue weighted by molar-refractivity contribution is -0.290. The molecule has 0 radical (unpaired) electrons. The number of aliphatic hydroxyl groups excluding tert-OH is 3. The van der Waals surface area contributed by atoms with Gasteiger partial charge < -0.3 is 30.5 Å². The van der Waals surface area contributed by atoms with Crippen LogP contribution in [0.15, 0.2) is 0 Å². The molecule has 1 saturated carbocycles. The van der Waals surface area contributed by atoms with Gasteiger partial charge in [-0.05, 0) is 12.8 Å². The Balaban J connectivity index is 1.93. The van der Waals surface area contributed by atoms with Gasteiger partial charge >= 0.3 is 0 Å². The Morgan fingerprint density at radius 2 is 1.78 bits per heavy atom. The summed E-state index contributed by atoms with van der Waals surface area (Å²) in [5, 5.41) is 28.8. The second-order valence-electron chi connectivity index (χ2n) is 5.18. The molecular weight excluding hydrogens is 238 g/mol. The molecule has 18 heavy (non-hydrogen) atoms. The molecule has 0 amide bonds. The first-order chi connectivity index (χ1) is 8.63. The Morgan fingerprint density at radius 3 is 2.39 bits per heavy atom. The largest absolute Gasteiger partial charge is 0.394 e. The average Bonchev–Trinajstić information content (AvgIpc) is 2.40. The van der Waals surface area contributed by atoms with E-state index in [1.54, 1.807) is 0 Å². The highest BCUT2D eigenvalue weighted by molar-refractivity contribution is 4.92. The van der Waals surface area contributed by atoms with Crippen molar-refractivity contribution in [3.8, 4) is 0 Å². The minimum Gasteiger partial charge on any atom is -0.394 e. The van der Waals surface area contributed by atoms with E-state index in [9.17, 15) is 10.2 Å². The molecule has 0 aromatic rings. The van der Waals surface area contributed by atoms with Gasteiger partial charge in [-0.15, -0.1) is 0 Å². The first kappa shape index (κ1) is 14.2. The van der Waals surface area contributed by atoms with Gasteiger partial charge in [0.15, 0.2) is 6.29 Å². The maximum absolute atomic E-state index is 9.94. The maximum atomic E-state index is 9.94. The van der Waals surface area contributed by atoms with E-state index in [4.69, 9.17) is 20.3 Å². The third-order valence-corrected chi connectivity index (χ3v) is 3.82. The highest BCUT2D eigenvalue weighted by Crippen LogP contribution is 2.26. The number of nitrogens with two attached hydrogens (primary N) is 1. The van der Waals surface area contributed by atoms with Crippen molar-refractivity contribution in [2.24, 2.45) is 5.73 Å². The molecule has 2 fully saturated rings. The second-order valence-corrected chi connectivity index (χ2v) is 5.18. The zero-order chi connectivity index (χ0) is 13.1. The maximum Gasteiger partial charge on any atom is 0.185 e. The molecule has 0 spiro atoms. The molecule has 106 valence electrons. The Hall–Kier alpha value is -0.240. The molecule has 0 aromatic carbocycles. The van der Waals surface area contributed by atoms with Crippen LogP contribution in [0.2, 0.25) is 0 Å². The van der Waals surface area contributed by atoms with Crippen molar-refractivity contribution in [2.75, 3.05) is 6.61 Å². The summed E-state index contributed by atoms with van der Waals surface area (Å²) in [7, 11) is 0. The lowest BCUT2D eigenvalue weighted by atomic mass is 9.95. The number of aliphatic hydroxyl groups is 3. The molecule has 1 aliphatic heterocycles. The molecule has 2 rings (SSSR count). The fourth-order valence-electron chi connectivity index (χ4n) is 2.62. The summed E-state index contributed by atoms with van der Waals surface area (Å²) in [6, 6.07) is -0.857. The first-order valence-electron chi connectivity index (χ1n) is 6.67. The van der Waals surface area contributed by atoms with Crippen molar-refractivity contribution < 1.29 is 24.8 Å².